The van der Waals surface area contributed by atoms with Gasteiger partial charge in [0.05, 0.1) is 19.8 Å². The fourth-order valence-electron chi connectivity index (χ4n) is 3.45. The molecule has 3 nitrogen and oxygen atoms in total. The SMILES string of the molecule is COc1cccc([C@H]2CCCN2[C@@H](CO)c2ccccc2)c1. The molecule has 0 amide bonds. The number of hydrogen-bond donors (Lipinski definition) is 1. The summed E-state index contributed by atoms with van der Waals surface area (Å²) in [5.74, 6) is 0.893. The van der Waals surface area contributed by atoms with Gasteiger partial charge in [0.15, 0.2) is 0 Å². The second kappa shape index (κ2) is 6.95. The van der Waals surface area contributed by atoms with E-state index in [1.54, 1.807) is 7.11 Å². The summed E-state index contributed by atoms with van der Waals surface area (Å²) in [6.45, 7) is 1.16. The van der Waals surface area contributed by atoms with Gasteiger partial charge in [-0.25, -0.2) is 0 Å². The van der Waals surface area contributed by atoms with E-state index in [0.29, 0.717) is 6.04 Å². The summed E-state index contributed by atoms with van der Waals surface area (Å²) in [5, 5.41) is 9.94. The molecule has 0 radical (unpaired) electrons. The molecule has 3 heteroatoms. The van der Waals surface area contributed by atoms with Crippen LogP contribution in [0.25, 0.3) is 0 Å². The molecule has 1 aliphatic rings. The summed E-state index contributed by atoms with van der Waals surface area (Å²) in [6, 6.07) is 19.0. The lowest BCUT2D eigenvalue weighted by molar-refractivity contribution is 0.112. The Hall–Kier alpha value is -1.84. The van der Waals surface area contributed by atoms with Crippen LogP contribution < -0.4 is 4.74 Å². The summed E-state index contributed by atoms with van der Waals surface area (Å²) >= 11 is 0. The van der Waals surface area contributed by atoms with Gasteiger partial charge in [-0.05, 0) is 42.6 Å². The van der Waals surface area contributed by atoms with Gasteiger partial charge in [0.25, 0.3) is 0 Å². The monoisotopic (exact) mass is 297 g/mol. The number of ether oxygens (including phenoxy) is 1. The second-order valence-corrected chi connectivity index (χ2v) is 5.78. The Morgan fingerprint density at radius 3 is 2.73 bits per heavy atom. The van der Waals surface area contributed by atoms with E-state index in [1.165, 1.54) is 11.1 Å². The third kappa shape index (κ3) is 3.01. The van der Waals surface area contributed by atoms with Gasteiger partial charge in [0, 0.05) is 6.04 Å². The maximum Gasteiger partial charge on any atom is 0.119 e. The fourth-order valence-corrected chi connectivity index (χ4v) is 3.45. The van der Waals surface area contributed by atoms with E-state index in [9.17, 15) is 5.11 Å². The van der Waals surface area contributed by atoms with E-state index in [4.69, 9.17) is 4.74 Å². The molecular formula is C19H23NO2. The molecule has 1 fully saturated rings. The summed E-state index contributed by atoms with van der Waals surface area (Å²) in [6.07, 6.45) is 2.28. The smallest absolute Gasteiger partial charge is 0.119 e. The Kier molecular flexibility index (Phi) is 4.76. The quantitative estimate of drug-likeness (QED) is 0.916. The van der Waals surface area contributed by atoms with Gasteiger partial charge in [-0.15, -0.1) is 0 Å². The Morgan fingerprint density at radius 2 is 2.00 bits per heavy atom. The first-order valence-corrected chi connectivity index (χ1v) is 7.89. The lowest BCUT2D eigenvalue weighted by Gasteiger charge is -2.32. The van der Waals surface area contributed by atoms with Crippen LogP contribution in [0.4, 0.5) is 0 Å². The minimum Gasteiger partial charge on any atom is -0.497 e. The highest BCUT2D eigenvalue weighted by Crippen LogP contribution is 2.39. The molecule has 2 aromatic carbocycles. The number of hydrogen-bond acceptors (Lipinski definition) is 3. The van der Waals surface area contributed by atoms with Gasteiger partial charge < -0.3 is 9.84 Å². The molecular weight excluding hydrogens is 274 g/mol. The third-order valence-electron chi connectivity index (χ3n) is 4.53. The van der Waals surface area contributed by atoms with Crippen LogP contribution in [0.2, 0.25) is 0 Å². The molecule has 116 valence electrons. The van der Waals surface area contributed by atoms with Crippen LogP contribution in [0.5, 0.6) is 5.75 Å². The first kappa shape index (κ1) is 15.1. The van der Waals surface area contributed by atoms with Crippen LogP contribution in [0.15, 0.2) is 54.6 Å². The zero-order valence-corrected chi connectivity index (χ0v) is 13.0. The van der Waals surface area contributed by atoms with E-state index in [2.05, 4.69) is 29.2 Å². The highest BCUT2D eigenvalue weighted by molar-refractivity contribution is 5.31. The van der Waals surface area contributed by atoms with Crippen molar-refractivity contribution >= 4 is 0 Å². The zero-order valence-electron chi connectivity index (χ0n) is 13.0. The number of benzene rings is 2. The van der Waals surface area contributed by atoms with Crippen molar-refractivity contribution in [3.05, 3.63) is 65.7 Å². The van der Waals surface area contributed by atoms with E-state index >= 15 is 0 Å². The number of aliphatic hydroxyl groups is 1. The van der Waals surface area contributed by atoms with Crippen LogP contribution >= 0.6 is 0 Å². The molecule has 1 N–H and O–H groups in total. The van der Waals surface area contributed by atoms with Crippen molar-refractivity contribution in [1.29, 1.82) is 0 Å². The lowest BCUT2D eigenvalue weighted by Crippen LogP contribution is -2.30. The summed E-state index contributed by atoms with van der Waals surface area (Å²) in [5.41, 5.74) is 2.45. The number of methoxy groups -OCH3 is 1. The topological polar surface area (TPSA) is 32.7 Å². The van der Waals surface area contributed by atoms with Crippen LogP contribution in [-0.2, 0) is 0 Å². The standard InChI is InChI=1S/C19H23NO2/c1-22-17-10-5-9-16(13-17)18-11-6-12-20(18)19(14-21)15-7-3-2-4-8-15/h2-5,7-10,13,18-19,21H,6,11-12,14H2,1H3/t18-,19+/m1/s1. The average molecular weight is 297 g/mol. The van der Waals surface area contributed by atoms with Crippen molar-refractivity contribution in [2.75, 3.05) is 20.3 Å². The molecule has 0 aliphatic carbocycles. The number of rotatable bonds is 5. The van der Waals surface area contributed by atoms with Gasteiger partial charge in [-0.3, -0.25) is 4.90 Å². The highest BCUT2D eigenvalue weighted by atomic mass is 16.5. The predicted octanol–water partition coefficient (Wildman–Crippen LogP) is 3.57. The van der Waals surface area contributed by atoms with Crippen LogP contribution in [-0.4, -0.2) is 30.3 Å². The molecule has 0 aromatic heterocycles. The molecule has 22 heavy (non-hydrogen) atoms. The molecule has 0 bridgehead atoms. The van der Waals surface area contributed by atoms with Crippen molar-refractivity contribution in [3.8, 4) is 5.75 Å². The summed E-state index contributed by atoms with van der Waals surface area (Å²) in [4.78, 5) is 2.42. The van der Waals surface area contributed by atoms with Crippen molar-refractivity contribution in [2.45, 2.75) is 24.9 Å². The van der Waals surface area contributed by atoms with Crippen molar-refractivity contribution in [1.82, 2.24) is 4.90 Å². The highest BCUT2D eigenvalue weighted by Gasteiger charge is 2.32. The van der Waals surface area contributed by atoms with Crippen LogP contribution in [0.1, 0.15) is 36.1 Å². The van der Waals surface area contributed by atoms with Gasteiger partial charge in [-0.2, -0.15) is 0 Å². The maximum atomic E-state index is 9.94. The minimum atomic E-state index is 0.0555. The number of likely N-dealkylation sites (tertiary alicyclic amines) is 1. The Bertz CT molecular complexity index is 599. The molecule has 0 unspecified atom stereocenters. The third-order valence-corrected chi connectivity index (χ3v) is 4.53. The zero-order chi connectivity index (χ0) is 15.4. The van der Waals surface area contributed by atoms with Crippen molar-refractivity contribution in [3.63, 3.8) is 0 Å². The average Bonchev–Trinajstić information content (AvgIpc) is 3.06. The van der Waals surface area contributed by atoms with E-state index < -0.39 is 0 Å². The van der Waals surface area contributed by atoms with E-state index in [0.717, 1.165) is 25.1 Å². The second-order valence-electron chi connectivity index (χ2n) is 5.78. The molecule has 1 aliphatic heterocycles. The maximum absolute atomic E-state index is 9.94. The van der Waals surface area contributed by atoms with Gasteiger partial charge in [0.2, 0.25) is 0 Å². The Labute approximate surface area is 132 Å². The minimum absolute atomic E-state index is 0.0555. The number of aliphatic hydroxyl groups excluding tert-OH is 1. The molecule has 3 rings (SSSR count). The molecule has 0 spiro atoms. The largest absolute Gasteiger partial charge is 0.497 e. The van der Waals surface area contributed by atoms with Crippen LogP contribution in [0.3, 0.4) is 0 Å². The van der Waals surface area contributed by atoms with Crippen molar-refractivity contribution < 1.29 is 9.84 Å². The van der Waals surface area contributed by atoms with Crippen LogP contribution in [0, 0.1) is 0 Å². The Balaban J connectivity index is 1.88. The normalized spacial score (nSPS) is 20.0. The molecule has 2 atom stereocenters. The van der Waals surface area contributed by atoms with Gasteiger partial charge >= 0.3 is 0 Å². The van der Waals surface area contributed by atoms with E-state index in [-0.39, 0.29) is 12.6 Å². The molecule has 0 saturated carbocycles. The summed E-state index contributed by atoms with van der Waals surface area (Å²) < 4.78 is 5.35. The lowest BCUT2D eigenvalue weighted by atomic mass is 10.0. The first-order valence-electron chi connectivity index (χ1n) is 7.89. The summed E-state index contributed by atoms with van der Waals surface area (Å²) in [7, 11) is 1.70. The van der Waals surface area contributed by atoms with E-state index in [1.807, 2.05) is 30.3 Å². The van der Waals surface area contributed by atoms with Gasteiger partial charge in [-0.1, -0.05) is 42.5 Å². The first-order chi connectivity index (χ1) is 10.8. The Morgan fingerprint density at radius 1 is 1.18 bits per heavy atom. The molecule has 1 saturated heterocycles. The predicted molar refractivity (Wildman–Crippen MR) is 87.9 cm³/mol. The van der Waals surface area contributed by atoms with Crippen molar-refractivity contribution in [2.24, 2.45) is 0 Å². The fraction of sp³-hybridized carbons (Fsp3) is 0.368. The molecule has 2 aromatic rings. The molecule has 1 heterocycles. The van der Waals surface area contributed by atoms with Gasteiger partial charge in [0.1, 0.15) is 5.75 Å². The number of nitrogens with zero attached hydrogens (tertiary/aromatic N) is 1.